The van der Waals surface area contributed by atoms with Crippen LogP contribution in [0.2, 0.25) is 0 Å². The first-order chi connectivity index (χ1) is 8.99. The Labute approximate surface area is 111 Å². The molecule has 1 heterocycles. The van der Waals surface area contributed by atoms with Gasteiger partial charge in [0, 0.05) is 18.0 Å². The Hall–Kier alpha value is -2.23. The molecule has 0 fully saturated rings. The van der Waals surface area contributed by atoms with Gasteiger partial charge in [0.1, 0.15) is 5.82 Å². The molecular formula is C15H15FN2O. The number of amides is 1. The van der Waals surface area contributed by atoms with Gasteiger partial charge in [0.05, 0.1) is 5.54 Å². The molecule has 0 radical (unpaired) electrons. The molecule has 0 atom stereocenters. The maximum atomic E-state index is 12.8. The van der Waals surface area contributed by atoms with Crippen molar-refractivity contribution >= 4 is 5.91 Å². The maximum absolute atomic E-state index is 12.8. The van der Waals surface area contributed by atoms with Crippen LogP contribution < -0.4 is 5.32 Å². The van der Waals surface area contributed by atoms with Crippen LogP contribution in [0.5, 0.6) is 0 Å². The fourth-order valence-corrected chi connectivity index (χ4v) is 1.76. The van der Waals surface area contributed by atoms with E-state index in [1.165, 1.54) is 24.3 Å². The highest BCUT2D eigenvalue weighted by atomic mass is 19.1. The number of carbonyl (C=O) groups excluding carboxylic acids is 1. The molecular weight excluding hydrogens is 243 g/mol. The molecule has 1 amide bonds. The number of nitrogens with zero attached hydrogens (tertiary/aromatic N) is 1. The van der Waals surface area contributed by atoms with Crippen LogP contribution in [-0.4, -0.2) is 10.9 Å². The van der Waals surface area contributed by atoms with Crippen molar-refractivity contribution in [2.75, 3.05) is 0 Å². The zero-order valence-corrected chi connectivity index (χ0v) is 10.9. The minimum atomic E-state index is -0.542. The number of aromatic nitrogens is 1. The van der Waals surface area contributed by atoms with Crippen LogP contribution in [0.1, 0.15) is 29.8 Å². The standard InChI is InChI=1S/C15H15FN2O/c1-15(2,12-4-3-9-17-10-12)18-14(19)11-5-7-13(16)8-6-11/h3-10H,1-2H3,(H,18,19). The molecule has 0 aliphatic heterocycles. The summed E-state index contributed by atoms with van der Waals surface area (Å²) in [5.74, 6) is -0.600. The summed E-state index contributed by atoms with van der Waals surface area (Å²) >= 11 is 0. The molecule has 0 spiro atoms. The van der Waals surface area contributed by atoms with E-state index < -0.39 is 5.54 Å². The van der Waals surface area contributed by atoms with Gasteiger partial charge in [-0.15, -0.1) is 0 Å². The van der Waals surface area contributed by atoms with E-state index in [-0.39, 0.29) is 11.7 Å². The molecule has 19 heavy (non-hydrogen) atoms. The van der Waals surface area contributed by atoms with Crippen molar-refractivity contribution in [3.63, 3.8) is 0 Å². The molecule has 1 N–H and O–H groups in total. The number of hydrogen-bond donors (Lipinski definition) is 1. The van der Waals surface area contributed by atoms with E-state index >= 15 is 0 Å². The monoisotopic (exact) mass is 258 g/mol. The lowest BCUT2D eigenvalue weighted by molar-refractivity contribution is 0.0912. The lowest BCUT2D eigenvalue weighted by Crippen LogP contribution is -2.41. The predicted molar refractivity (Wildman–Crippen MR) is 71.1 cm³/mol. The van der Waals surface area contributed by atoms with E-state index in [0.29, 0.717) is 5.56 Å². The summed E-state index contributed by atoms with van der Waals surface area (Å²) in [7, 11) is 0. The van der Waals surface area contributed by atoms with E-state index in [1.54, 1.807) is 12.4 Å². The normalized spacial score (nSPS) is 11.1. The molecule has 1 aromatic heterocycles. The summed E-state index contributed by atoms with van der Waals surface area (Å²) < 4.78 is 12.8. The quantitative estimate of drug-likeness (QED) is 0.919. The molecule has 0 aliphatic carbocycles. The van der Waals surface area contributed by atoms with Gasteiger partial charge in [-0.1, -0.05) is 6.07 Å². The second kappa shape index (κ2) is 5.18. The molecule has 0 saturated heterocycles. The predicted octanol–water partition coefficient (Wildman–Crippen LogP) is 2.89. The second-order valence-corrected chi connectivity index (χ2v) is 4.83. The van der Waals surface area contributed by atoms with Crippen molar-refractivity contribution in [1.29, 1.82) is 0 Å². The summed E-state index contributed by atoms with van der Waals surface area (Å²) in [4.78, 5) is 16.1. The molecule has 98 valence electrons. The molecule has 2 aromatic rings. The Morgan fingerprint density at radius 3 is 2.47 bits per heavy atom. The third kappa shape index (κ3) is 3.16. The van der Waals surface area contributed by atoms with Crippen LogP contribution in [0.3, 0.4) is 0 Å². The summed E-state index contributed by atoms with van der Waals surface area (Å²) in [5, 5.41) is 2.91. The van der Waals surface area contributed by atoms with Gasteiger partial charge in [-0.2, -0.15) is 0 Å². The summed E-state index contributed by atoms with van der Waals surface area (Å²) in [6.07, 6.45) is 3.40. The molecule has 1 aromatic carbocycles. The maximum Gasteiger partial charge on any atom is 0.251 e. The van der Waals surface area contributed by atoms with Crippen molar-refractivity contribution < 1.29 is 9.18 Å². The largest absolute Gasteiger partial charge is 0.343 e. The number of halogens is 1. The van der Waals surface area contributed by atoms with Gasteiger partial charge in [0.2, 0.25) is 0 Å². The number of carbonyl (C=O) groups is 1. The number of pyridine rings is 1. The molecule has 2 rings (SSSR count). The second-order valence-electron chi connectivity index (χ2n) is 4.83. The first-order valence-electron chi connectivity index (χ1n) is 5.97. The topological polar surface area (TPSA) is 42.0 Å². The van der Waals surface area contributed by atoms with Crippen LogP contribution in [0.4, 0.5) is 4.39 Å². The summed E-state index contributed by atoms with van der Waals surface area (Å²) in [6, 6.07) is 9.19. The highest BCUT2D eigenvalue weighted by Crippen LogP contribution is 2.19. The average Bonchev–Trinajstić information content (AvgIpc) is 2.40. The Morgan fingerprint density at radius 1 is 1.21 bits per heavy atom. The highest BCUT2D eigenvalue weighted by molar-refractivity contribution is 5.94. The Kier molecular flexibility index (Phi) is 3.60. The molecule has 0 aliphatic rings. The van der Waals surface area contributed by atoms with Gasteiger partial charge in [0.25, 0.3) is 5.91 Å². The lowest BCUT2D eigenvalue weighted by Gasteiger charge is -2.26. The SMILES string of the molecule is CC(C)(NC(=O)c1ccc(F)cc1)c1cccnc1. The number of benzene rings is 1. The average molecular weight is 258 g/mol. The van der Waals surface area contributed by atoms with Crippen molar-refractivity contribution in [3.05, 3.63) is 65.7 Å². The van der Waals surface area contributed by atoms with E-state index in [0.717, 1.165) is 5.56 Å². The fourth-order valence-electron chi connectivity index (χ4n) is 1.76. The molecule has 0 unspecified atom stereocenters. The first-order valence-corrected chi connectivity index (χ1v) is 5.97. The highest BCUT2D eigenvalue weighted by Gasteiger charge is 2.23. The van der Waals surface area contributed by atoms with Gasteiger partial charge in [-0.3, -0.25) is 9.78 Å². The Morgan fingerprint density at radius 2 is 1.89 bits per heavy atom. The fraction of sp³-hybridized carbons (Fsp3) is 0.200. The number of rotatable bonds is 3. The van der Waals surface area contributed by atoms with Gasteiger partial charge in [-0.25, -0.2) is 4.39 Å². The van der Waals surface area contributed by atoms with Crippen molar-refractivity contribution in [3.8, 4) is 0 Å². The van der Waals surface area contributed by atoms with Crippen LogP contribution >= 0.6 is 0 Å². The van der Waals surface area contributed by atoms with E-state index in [2.05, 4.69) is 10.3 Å². The third-order valence-electron chi connectivity index (χ3n) is 2.92. The minimum Gasteiger partial charge on any atom is -0.343 e. The summed E-state index contributed by atoms with van der Waals surface area (Å²) in [5.41, 5.74) is 0.795. The van der Waals surface area contributed by atoms with Crippen LogP contribution in [-0.2, 0) is 5.54 Å². The van der Waals surface area contributed by atoms with E-state index in [1.807, 2.05) is 26.0 Å². The van der Waals surface area contributed by atoms with Crippen LogP contribution in [0, 0.1) is 5.82 Å². The van der Waals surface area contributed by atoms with Crippen molar-refractivity contribution in [1.82, 2.24) is 10.3 Å². The number of nitrogens with one attached hydrogen (secondary N) is 1. The van der Waals surface area contributed by atoms with Crippen LogP contribution in [0.25, 0.3) is 0 Å². The van der Waals surface area contributed by atoms with Crippen LogP contribution in [0.15, 0.2) is 48.8 Å². The molecule has 3 nitrogen and oxygen atoms in total. The third-order valence-corrected chi connectivity index (χ3v) is 2.92. The number of hydrogen-bond acceptors (Lipinski definition) is 2. The molecule has 0 saturated carbocycles. The van der Waals surface area contributed by atoms with Crippen molar-refractivity contribution in [2.24, 2.45) is 0 Å². The lowest BCUT2D eigenvalue weighted by atomic mass is 9.95. The Bertz CT molecular complexity index is 564. The van der Waals surface area contributed by atoms with Gasteiger partial charge in [0.15, 0.2) is 0 Å². The zero-order chi connectivity index (χ0) is 13.9. The molecule has 4 heteroatoms. The Balaban J connectivity index is 2.16. The first kappa shape index (κ1) is 13.2. The van der Waals surface area contributed by atoms with Gasteiger partial charge < -0.3 is 5.32 Å². The summed E-state index contributed by atoms with van der Waals surface area (Å²) in [6.45, 7) is 3.79. The van der Waals surface area contributed by atoms with Crippen molar-refractivity contribution in [2.45, 2.75) is 19.4 Å². The zero-order valence-electron chi connectivity index (χ0n) is 10.9. The van der Waals surface area contributed by atoms with Gasteiger partial charge >= 0.3 is 0 Å². The minimum absolute atomic E-state index is 0.242. The van der Waals surface area contributed by atoms with E-state index in [4.69, 9.17) is 0 Å². The van der Waals surface area contributed by atoms with E-state index in [9.17, 15) is 9.18 Å². The molecule has 0 bridgehead atoms. The van der Waals surface area contributed by atoms with Gasteiger partial charge in [-0.05, 0) is 49.7 Å². The smallest absolute Gasteiger partial charge is 0.251 e.